The van der Waals surface area contributed by atoms with Crippen molar-refractivity contribution in [3.63, 3.8) is 0 Å². The van der Waals surface area contributed by atoms with Crippen LogP contribution in [0.3, 0.4) is 0 Å². The van der Waals surface area contributed by atoms with E-state index in [0.717, 1.165) is 43.6 Å². The van der Waals surface area contributed by atoms with E-state index in [9.17, 15) is 0 Å². The van der Waals surface area contributed by atoms with E-state index in [2.05, 4.69) is 34.2 Å². The smallest absolute Gasteiger partial charge is 0.134 e. The molecule has 0 spiro atoms. The predicted octanol–water partition coefficient (Wildman–Crippen LogP) is 1.44. The largest absolute Gasteiger partial charge is 0.379 e. The molecule has 0 aromatic carbocycles. The highest BCUT2D eigenvalue weighted by molar-refractivity contribution is 5.49. The lowest BCUT2D eigenvalue weighted by Gasteiger charge is -2.24. The Morgan fingerprint density at radius 1 is 1.53 bits per heavy atom. The van der Waals surface area contributed by atoms with Gasteiger partial charge >= 0.3 is 0 Å². The summed E-state index contributed by atoms with van der Waals surface area (Å²) < 4.78 is 5.41. The van der Waals surface area contributed by atoms with Crippen LogP contribution in [0.15, 0.2) is 6.07 Å². The third kappa shape index (κ3) is 2.85. The molecule has 1 aromatic rings. The Bertz CT molecular complexity index is 377. The number of rotatable bonds is 4. The van der Waals surface area contributed by atoms with E-state index in [4.69, 9.17) is 4.74 Å². The molecule has 1 aliphatic rings. The van der Waals surface area contributed by atoms with Gasteiger partial charge in [-0.2, -0.15) is 0 Å². The minimum absolute atomic E-state index is 0.429. The molecule has 0 radical (unpaired) electrons. The molecule has 1 fully saturated rings. The van der Waals surface area contributed by atoms with Gasteiger partial charge in [0.2, 0.25) is 0 Å². The first-order valence-corrected chi connectivity index (χ1v) is 6.11. The standard InChI is InChI=1S/C12H20N4O/c1-4-13-11-7-12(15-9(2)14-11)16(3)10-5-6-17-8-10/h7,10H,4-6,8H2,1-3H3,(H,13,14,15). The quantitative estimate of drug-likeness (QED) is 0.857. The number of aromatic nitrogens is 2. The number of likely N-dealkylation sites (N-methyl/N-ethyl adjacent to an activating group) is 1. The van der Waals surface area contributed by atoms with Crippen LogP contribution in [0, 0.1) is 6.92 Å². The monoisotopic (exact) mass is 236 g/mol. The van der Waals surface area contributed by atoms with Crippen LogP contribution in [0.5, 0.6) is 0 Å². The zero-order valence-electron chi connectivity index (χ0n) is 10.7. The Hall–Kier alpha value is -1.36. The fraction of sp³-hybridized carbons (Fsp3) is 0.667. The summed E-state index contributed by atoms with van der Waals surface area (Å²) in [4.78, 5) is 11.0. The molecule has 5 nitrogen and oxygen atoms in total. The fourth-order valence-electron chi connectivity index (χ4n) is 2.02. The lowest BCUT2D eigenvalue weighted by atomic mass is 10.2. The maximum atomic E-state index is 5.41. The third-order valence-electron chi connectivity index (χ3n) is 3.00. The molecule has 0 aliphatic carbocycles. The van der Waals surface area contributed by atoms with Gasteiger partial charge in [-0.05, 0) is 20.3 Å². The number of ether oxygens (including phenoxy) is 1. The number of hydrogen-bond donors (Lipinski definition) is 1. The van der Waals surface area contributed by atoms with Crippen molar-refractivity contribution in [2.75, 3.05) is 37.0 Å². The van der Waals surface area contributed by atoms with Crippen LogP contribution in [0.25, 0.3) is 0 Å². The summed E-state index contributed by atoms with van der Waals surface area (Å²) >= 11 is 0. The van der Waals surface area contributed by atoms with Crippen LogP contribution in [-0.2, 0) is 4.74 Å². The zero-order valence-corrected chi connectivity index (χ0v) is 10.7. The van der Waals surface area contributed by atoms with Gasteiger partial charge in [0, 0.05) is 26.3 Å². The zero-order chi connectivity index (χ0) is 12.3. The Morgan fingerprint density at radius 2 is 2.35 bits per heavy atom. The Labute approximate surface area is 102 Å². The average Bonchev–Trinajstić information content (AvgIpc) is 2.81. The van der Waals surface area contributed by atoms with E-state index in [1.165, 1.54) is 0 Å². The molecule has 0 saturated carbocycles. The van der Waals surface area contributed by atoms with Crippen molar-refractivity contribution in [1.82, 2.24) is 9.97 Å². The van der Waals surface area contributed by atoms with E-state index < -0.39 is 0 Å². The minimum Gasteiger partial charge on any atom is -0.379 e. The van der Waals surface area contributed by atoms with E-state index in [1.54, 1.807) is 0 Å². The average molecular weight is 236 g/mol. The van der Waals surface area contributed by atoms with Gasteiger partial charge in [0.25, 0.3) is 0 Å². The van der Waals surface area contributed by atoms with Crippen LogP contribution in [0.4, 0.5) is 11.6 Å². The number of aryl methyl sites for hydroxylation is 1. The highest BCUT2D eigenvalue weighted by Gasteiger charge is 2.21. The second-order valence-electron chi connectivity index (χ2n) is 4.32. The molecule has 0 bridgehead atoms. The lowest BCUT2D eigenvalue weighted by molar-refractivity contribution is 0.193. The van der Waals surface area contributed by atoms with Crippen molar-refractivity contribution >= 4 is 11.6 Å². The Kier molecular flexibility index (Phi) is 3.78. The molecule has 0 amide bonds. The van der Waals surface area contributed by atoms with Gasteiger partial charge in [-0.1, -0.05) is 0 Å². The van der Waals surface area contributed by atoms with Crippen molar-refractivity contribution in [3.8, 4) is 0 Å². The van der Waals surface area contributed by atoms with Crippen LogP contribution in [0.1, 0.15) is 19.2 Å². The van der Waals surface area contributed by atoms with Crippen molar-refractivity contribution < 1.29 is 4.74 Å². The van der Waals surface area contributed by atoms with Gasteiger partial charge in [0.15, 0.2) is 0 Å². The first kappa shape index (κ1) is 12.1. The molecule has 2 rings (SSSR count). The maximum absolute atomic E-state index is 5.41. The van der Waals surface area contributed by atoms with Gasteiger partial charge in [-0.15, -0.1) is 0 Å². The van der Waals surface area contributed by atoms with Gasteiger partial charge in [-0.3, -0.25) is 0 Å². The van der Waals surface area contributed by atoms with Crippen molar-refractivity contribution in [2.45, 2.75) is 26.3 Å². The summed E-state index contributed by atoms with van der Waals surface area (Å²) in [6.45, 7) is 6.48. The summed E-state index contributed by atoms with van der Waals surface area (Å²) in [5.41, 5.74) is 0. The summed E-state index contributed by atoms with van der Waals surface area (Å²) in [6, 6.07) is 2.42. The van der Waals surface area contributed by atoms with Crippen molar-refractivity contribution in [1.29, 1.82) is 0 Å². The molecule has 1 N–H and O–H groups in total. The van der Waals surface area contributed by atoms with Crippen LogP contribution >= 0.6 is 0 Å². The fourth-order valence-corrected chi connectivity index (χ4v) is 2.02. The first-order chi connectivity index (χ1) is 8.20. The minimum atomic E-state index is 0.429. The van der Waals surface area contributed by atoms with Gasteiger partial charge < -0.3 is 15.0 Å². The molecule has 94 valence electrons. The van der Waals surface area contributed by atoms with Crippen molar-refractivity contribution in [2.24, 2.45) is 0 Å². The van der Waals surface area contributed by atoms with Crippen LogP contribution in [0.2, 0.25) is 0 Å². The highest BCUT2D eigenvalue weighted by atomic mass is 16.5. The SMILES string of the molecule is CCNc1cc(N(C)C2CCOC2)nc(C)n1. The second-order valence-corrected chi connectivity index (χ2v) is 4.32. The van der Waals surface area contributed by atoms with E-state index in [0.29, 0.717) is 6.04 Å². The van der Waals surface area contributed by atoms with Crippen LogP contribution in [-0.4, -0.2) is 42.8 Å². The number of hydrogen-bond acceptors (Lipinski definition) is 5. The maximum Gasteiger partial charge on any atom is 0.134 e. The molecular formula is C12H20N4O. The molecule has 2 heterocycles. The molecular weight excluding hydrogens is 216 g/mol. The molecule has 5 heteroatoms. The molecule has 17 heavy (non-hydrogen) atoms. The summed E-state index contributed by atoms with van der Waals surface area (Å²) in [7, 11) is 2.07. The molecule has 1 aromatic heterocycles. The number of nitrogens with one attached hydrogen (secondary N) is 1. The van der Waals surface area contributed by atoms with Gasteiger partial charge in [0.05, 0.1) is 12.6 Å². The van der Waals surface area contributed by atoms with E-state index in [1.807, 2.05) is 13.0 Å². The van der Waals surface area contributed by atoms with E-state index in [-0.39, 0.29) is 0 Å². The van der Waals surface area contributed by atoms with Gasteiger partial charge in [-0.25, -0.2) is 9.97 Å². The number of anilines is 2. The second kappa shape index (κ2) is 5.31. The van der Waals surface area contributed by atoms with E-state index >= 15 is 0 Å². The third-order valence-corrected chi connectivity index (χ3v) is 3.00. The Balaban J connectivity index is 2.18. The topological polar surface area (TPSA) is 50.3 Å². The summed E-state index contributed by atoms with van der Waals surface area (Å²) in [5.74, 6) is 2.65. The van der Waals surface area contributed by atoms with Crippen LogP contribution < -0.4 is 10.2 Å². The first-order valence-electron chi connectivity index (χ1n) is 6.11. The highest BCUT2D eigenvalue weighted by Crippen LogP contribution is 2.20. The molecule has 1 unspecified atom stereocenters. The Morgan fingerprint density at radius 3 is 3.00 bits per heavy atom. The van der Waals surface area contributed by atoms with Gasteiger partial charge in [0.1, 0.15) is 17.5 Å². The molecule has 1 aliphatic heterocycles. The molecule has 1 atom stereocenters. The molecule has 1 saturated heterocycles. The number of nitrogens with zero attached hydrogens (tertiary/aromatic N) is 3. The summed E-state index contributed by atoms with van der Waals surface area (Å²) in [6.07, 6.45) is 1.07. The predicted molar refractivity (Wildman–Crippen MR) is 68.6 cm³/mol. The van der Waals surface area contributed by atoms with Crippen molar-refractivity contribution in [3.05, 3.63) is 11.9 Å². The lowest BCUT2D eigenvalue weighted by Crippen LogP contribution is -2.32. The normalized spacial score (nSPS) is 19.4. The summed E-state index contributed by atoms with van der Waals surface area (Å²) in [5, 5.41) is 3.23.